The fourth-order valence-corrected chi connectivity index (χ4v) is 4.32. The molecule has 3 aromatic rings. The number of hydrogen-bond donors (Lipinski definition) is 1. The molecule has 0 aliphatic carbocycles. The summed E-state index contributed by atoms with van der Waals surface area (Å²) in [5, 5.41) is 7.58. The van der Waals surface area contributed by atoms with Gasteiger partial charge in [-0.15, -0.1) is 0 Å². The minimum Gasteiger partial charge on any atom is -0.497 e. The molecule has 0 unspecified atom stereocenters. The van der Waals surface area contributed by atoms with Crippen molar-refractivity contribution in [1.82, 2.24) is 20.0 Å². The number of rotatable bonds is 11. The lowest BCUT2D eigenvalue weighted by Crippen LogP contribution is -2.49. The molecule has 2 aromatic carbocycles. The first-order chi connectivity index (χ1) is 18.0. The van der Waals surface area contributed by atoms with Gasteiger partial charge in [0.15, 0.2) is 0 Å². The highest BCUT2D eigenvalue weighted by molar-refractivity contribution is 5.89. The summed E-state index contributed by atoms with van der Waals surface area (Å²) in [5.74, 6) is 1.06. The number of methoxy groups -OCH3 is 1. The molecule has 0 fully saturated rings. The van der Waals surface area contributed by atoms with Crippen LogP contribution in [0.3, 0.4) is 0 Å². The van der Waals surface area contributed by atoms with Gasteiger partial charge in [-0.2, -0.15) is 5.10 Å². The van der Waals surface area contributed by atoms with E-state index >= 15 is 0 Å². The van der Waals surface area contributed by atoms with E-state index in [1.807, 2.05) is 101 Å². The highest BCUT2D eigenvalue weighted by Gasteiger charge is 2.33. The van der Waals surface area contributed by atoms with Crippen LogP contribution in [0, 0.1) is 13.8 Å². The fraction of sp³-hybridized carbons (Fsp3) is 0.433. The summed E-state index contributed by atoms with van der Waals surface area (Å²) in [5.41, 5.74) is 3.03. The SMILES string of the molecule is CCOc1ccc([C@H](C(=O)NC(C)(C)C)N(Cc2ccc(OC)cc2)C(=O)CCn2nc(C)cc2C)cc1. The Kier molecular flexibility index (Phi) is 9.55. The van der Waals surface area contributed by atoms with Crippen molar-refractivity contribution in [3.05, 3.63) is 77.1 Å². The molecule has 0 aliphatic rings. The van der Waals surface area contributed by atoms with Gasteiger partial charge >= 0.3 is 0 Å². The van der Waals surface area contributed by atoms with Crippen molar-refractivity contribution in [1.29, 1.82) is 0 Å². The van der Waals surface area contributed by atoms with Gasteiger partial charge in [0.1, 0.15) is 17.5 Å². The minimum absolute atomic E-state index is 0.142. The van der Waals surface area contributed by atoms with Crippen LogP contribution < -0.4 is 14.8 Å². The van der Waals surface area contributed by atoms with E-state index in [2.05, 4.69) is 10.4 Å². The van der Waals surface area contributed by atoms with Crippen LogP contribution in [0.25, 0.3) is 0 Å². The van der Waals surface area contributed by atoms with Gasteiger partial charge < -0.3 is 19.7 Å². The van der Waals surface area contributed by atoms with E-state index in [1.165, 1.54) is 0 Å². The van der Waals surface area contributed by atoms with Crippen LogP contribution in [0.4, 0.5) is 0 Å². The largest absolute Gasteiger partial charge is 0.497 e. The van der Waals surface area contributed by atoms with Crippen molar-refractivity contribution in [2.24, 2.45) is 0 Å². The summed E-state index contributed by atoms with van der Waals surface area (Å²) in [4.78, 5) is 29.3. The van der Waals surface area contributed by atoms with Crippen LogP contribution >= 0.6 is 0 Å². The summed E-state index contributed by atoms with van der Waals surface area (Å²) in [6, 6.07) is 16.1. The van der Waals surface area contributed by atoms with E-state index in [0.29, 0.717) is 24.5 Å². The molecule has 0 spiro atoms. The Balaban J connectivity index is 2.00. The quantitative estimate of drug-likeness (QED) is 0.385. The Hall–Kier alpha value is -3.81. The second-order valence-corrected chi connectivity index (χ2v) is 10.4. The molecule has 0 saturated heterocycles. The van der Waals surface area contributed by atoms with Gasteiger partial charge in [-0.25, -0.2) is 0 Å². The van der Waals surface area contributed by atoms with E-state index in [-0.39, 0.29) is 24.8 Å². The third-order valence-corrected chi connectivity index (χ3v) is 6.04. The first kappa shape index (κ1) is 28.8. The zero-order valence-corrected chi connectivity index (χ0v) is 23.6. The van der Waals surface area contributed by atoms with Crippen LogP contribution in [-0.4, -0.2) is 45.8 Å². The summed E-state index contributed by atoms with van der Waals surface area (Å²) in [7, 11) is 1.61. The molecule has 0 saturated carbocycles. The highest BCUT2D eigenvalue weighted by Crippen LogP contribution is 2.28. The number of nitrogens with zero attached hydrogens (tertiary/aromatic N) is 3. The fourth-order valence-electron chi connectivity index (χ4n) is 4.32. The van der Waals surface area contributed by atoms with Gasteiger partial charge in [0.2, 0.25) is 11.8 Å². The Morgan fingerprint density at radius 1 is 1.03 bits per heavy atom. The highest BCUT2D eigenvalue weighted by atomic mass is 16.5. The lowest BCUT2D eigenvalue weighted by molar-refractivity contribution is -0.142. The zero-order valence-electron chi connectivity index (χ0n) is 23.6. The Labute approximate surface area is 225 Å². The minimum atomic E-state index is -0.833. The van der Waals surface area contributed by atoms with Crippen molar-refractivity contribution in [2.45, 2.75) is 72.6 Å². The number of carbonyl (C=O) groups is 2. The molecule has 3 rings (SSSR count). The summed E-state index contributed by atoms with van der Waals surface area (Å²) in [6.07, 6.45) is 0.203. The molecule has 2 amide bonds. The maximum Gasteiger partial charge on any atom is 0.247 e. The van der Waals surface area contributed by atoms with Crippen molar-refractivity contribution < 1.29 is 19.1 Å². The van der Waals surface area contributed by atoms with E-state index in [0.717, 1.165) is 22.7 Å². The van der Waals surface area contributed by atoms with E-state index < -0.39 is 11.6 Å². The number of hydrogen-bond acceptors (Lipinski definition) is 5. The smallest absolute Gasteiger partial charge is 0.247 e. The lowest BCUT2D eigenvalue weighted by atomic mass is 10.00. The van der Waals surface area contributed by atoms with Crippen LogP contribution in [0.15, 0.2) is 54.6 Å². The number of nitrogens with one attached hydrogen (secondary N) is 1. The molecular formula is C30H40N4O4. The number of benzene rings is 2. The summed E-state index contributed by atoms with van der Waals surface area (Å²) in [6.45, 7) is 12.8. The van der Waals surface area contributed by atoms with Crippen molar-refractivity contribution >= 4 is 11.8 Å². The molecule has 1 heterocycles. The molecule has 8 heteroatoms. The van der Waals surface area contributed by atoms with Gasteiger partial charge in [0.05, 0.1) is 19.4 Å². The molecule has 1 atom stereocenters. The van der Waals surface area contributed by atoms with Gasteiger partial charge in [0.25, 0.3) is 0 Å². The maximum absolute atomic E-state index is 13.9. The molecule has 0 radical (unpaired) electrons. The van der Waals surface area contributed by atoms with E-state index in [1.54, 1.807) is 12.0 Å². The predicted octanol–water partition coefficient (Wildman–Crippen LogP) is 4.98. The number of carbonyl (C=O) groups excluding carboxylic acids is 2. The van der Waals surface area contributed by atoms with Gasteiger partial charge in [-0.05, 0) is 83.0 Å². The molecule has 8 nitrogen and oxygen atoms in total. The zero-order chi connectivity index (χ0) is 27.9. The van der Waals surface area contributed by atoms with E-state index in [4.69, 9.17) is 9.47 Å². The van der Waals surface area contributed by atoms with Crippen LogP contribution in [0.5, 0.6) is 11.5 Å². The van der Waals surface area contributed by atoms with Crippen LogP contribution in [-0.2, 0) is 22.7 Å². The number of amides is 2. The van der Waals surface area contributed by atoms with Gasteiger partial charge in [0, 0.05) is 30.7 Å². The van der Waals surface area contributed by atoms with Crippen molar-refractivity contribution in [3.8, 4) is 11.5 Å². The molecule has 204 valence electrons. The Morgan fingerprint density at radius 3 is 2.18 bits per heavy atom. The number of aromatic nitrogens is 2. The normalized spacial score (nSPS) is 12.1. The second-order valence-electron chi connectivity index (χ2n) is 10.4. The average Bonchev–Trinajstić information content (AvgIpc) is 3.19. The first-order valence-electron chi connectivity index (χ1n) is 13.0. The first-order valence-corrected chi connectivity index (χ1v) is 13.0. The molecule has 1 aromatic heterocycles. The summed E-state index contributed by atoms with van der Waals surface area (Å²) < 4.78 is 12.7. The summed E-state index contributed by atoms with van der Waals surface area (Å²) >= 11 is 0. The van der Waals surface area contributed by atoms with Gasteiger partial charge in [-0.3, -0.25) is 14.3 Å². The van der Waals surface area contributed by atoms with Gasteiger partial charge in [-0.1, -0.05) is 24.3 Å². The van der Waals surface area contributed by atoms with E-state index in [9.17, 15) is 9.59 Å². The third-order valence-electron chi connectivity index (χ3n) is 6.04. The number of aryl methyl sites for hydroxylation is 3. The standard InChI is InChI=1S/C30H40N4O4/c1-8-38-26-15-11-24(12-16-26)28(29(36)31-30(4,5)6)33(20-23-9-13-25(37-7)14-10-23)27(35)17-18-34-22(3)19-21(2)32-34/h9-16,19,28H,8,17-18,20H2,1-7H3,(H,31,36)/t28-/m1/s1. The Bertz CT molecular complexity index is 1210. The van der Waals surface area contributed by atoms with Crippen molar-refractivity contribution in [2.75, 3.05) is 13.7 Å². The van der Waals surface area contributed by atoms with Crippen LogP contribution in [0.1, 0.15) is 62.7 Å². The third kappa shape index (κ3) is 7.84. The predicted molar refractivity (Wildman–Crippen MR) is 148 cm³/mol. The molecule has 0 aliphatic heterocycles. The topological polar surface area (TPSA) is 85.7 Å². The monoisotopic (exact) mass is 520 g/mol. The molecule has 1 N–H and O–H groups in total. The average molecular weight is 521 g/mol. The molecular weight excluding hydrogens is 480 g/mol. The molecule has 38 heavy (non-hydrogen) atoms. The molecule has 0 bridgehead atoms. The van der Waals surface area contributed by atoms with Crippen LogP contribution in [0.2, 0.25) is 0 Å². The van der Waals surface area contributed by atoms with Crippen molar-refractivity contribution in [3.63, 3.8) is 0 Å². The lowest BCUT2D eigenvalue weighted by Gasteiger charge is -2.34. The Morgan fingerprint density at radius 2 is 1.66 bits per heavy atom. The second kappa shape index (κ2) is 12.6. The number of ether oxygens (including phenoxy) is 2. The maximum atomic E-state index is 13.9.